The molecule has 88 valence electrons. The second-order valence-electron chi connectivity index (χ2n) is 4.81. The summed E-state index contributed by atoms with van der Waals surface area (Å²) in [5.41, 5.74) is 0. The molecule has 1 aliphatic heterocycles. The highest BCUT2D eigenvalue weighted by atomic mass is 32.2. The molecule has 1 N–H and O–H groups in total. The number of hydrogen-bond donors (Lipinski definition) is 1. The van der Waals surface area contributed by atoms with Gasteiger partial charge in [0.05, 0.1) is 0 Å². The Morgan fingerprint density at radius 2 is 1.87 bits per heavy atom. The number of nitrogens with one attached hydrogen (secondary N) is 1. The minimum absolute atomic E-state index is 0.897. The van der Waals surface area contributed by atoms with Crippen molar-refractivity contribution >= 4 is 11.8 Å². The number of hydrogen-bond acceptors (Lipinski definition) is 3. The summed E-state index contributed by atoms with van der Waals surface area (Å²) < 4.78 is 0. The van der Waals surface area contributed by atoms with E-state index in [-0.39, 0.29) is 0 Å². The van der Waals surface area contributed by atoms with E-state index in [1.54, 1.807) is 0 Å². The molecular formula is C12H24N2S. The van der Waals surface area contributed by atoms with E-state index in [1.165, 1.54) is 58.3 Å². The molecule has 2 nitrogen and oxygen atoms in total. The summed E-state index contributed by atoms with van der Waals surface area (Å²) >= 11 is 2.07. The summed E-state index contributed by atoms with van der Waals surface area (Å²) in [6, 6.07) is 0.897. The average Bonchev–Trinajstić information content (AvgIpc) is 2.58. The molecule has 0 atom stereocenters. The average molecular weight is 228 g/mol. The van der Waals surface area contributed by atoms with Gasteiger partial charge >= 0.3 is 0 Å². The van der Waals surface area contributed by atoms with Crippen molar-refractivity contribution in [2.75, 3.05) is 32.4 Å². The van der Waals surface area contributed by atoms with Crippen LogP contribution in [-0.2, 0) is 0 Å². The number of nitrogens with zero attached hydrogens (tertiary/aromatic N) is 1. The van der Waals surface area contributed by atoms with Crippen molar-refractivity contribution in [3.63, 3.8) is 0 Å². The lowest BCUT2D eigenvalue weighted by atomic mass is 9.93. The molecule has 2 aliphatic rings. The molecule has 2 fully saturated rings. The van der Waals surface area contributed by atoms with Crippen LogP contribution in [0.4, 0.5) is 0 Å². The fourth-order valence-electron chi connectivity index (χ4n) is 2.88. The first kappa shape index (κ1) is 11.7. The Bertz CT molecular complexity index is 170. The maximum absolute atomic E-state index is 3.49. The Labute approximate surface area is 98.2 Å². The van der Waals surface area contributed by atoms with Crippen LogP contribution in [0.15, 0.2) is 0 Å². The molecular weight excluding hydrogens is 204 g/mol. The van der Waals surface area contributed by atoms with Gasteiger partial charge in [-0.2, -0.15) is 11.8 Å². The molecule has 2 rings (SSSR count). The molecule has 1 aliphatic carbocycles. The molecule has 0 amide bonds. The van der Waals surface area contributed by atoms with Crippen LogP contribution in [0.3, 0.4) is 0 Å². The predicted octanol–water partition coefficient (Wildman–Crippen LogP) is 1.96. The van der Waals surface area contributed by atoms with Gasteiger partial charge in [-0.1, -0.05) is 0 Å². The molecule has 0 spiro atoms. The van der Waals surface area contributed by atoms with Crippen LogP contribution in [0, 0.1) is 0 Å². The summed E-state index contributed by atoms with van der Waals surface area (Å²) in [7, 11) is 0. The maximum atomic E-state index is 3.49. The van der Waals surface area contributed by atoms with E-state index in [2.05, 4.69) is 28.2 Å². The fourth-order valence-corrected chi connectivity index (χ4v) is 3.62. The van der Waals surface area contributed by atoms with Crippen LogP contribution in [0.2, 0.25) is 0 Å². The minimum Gasteiger partial charge on any atom is -0.315 e. The highest BCUT2D eigenvalue weighted by molar-refractivity contribution is 7.99. The topological polar surface area (TPSA) is 15.3 Å². The summed E-state index contributed by atoms with van der Waals surface area (Å²) in [6.07, 6.45) is 9.35. The zero-order valence-corrected chi connectivity index (χ0v) is 10.7. The van der Waals surface area contributed by atoms with Crippen molar-refractivity contribution < 1.29 is 0 Å². The van der Waals surface area contributed by atoms with Crippen LogP contribution < -0.4 is 5.32 Å². The molecule has 0 radical (unpaired) electrons. The molecule has 1 heterocycles. The van der Waals surface area contributed by atoms with Crippen LogP contribution >= 0.6 is 11.8 Å². The van der Waals surface area contributed by atoms with Gasteiger partial charge in [-0.15, -0.1) is 0 Å². The highest BCUT2D eigenvalue weighted by Crippen LogP contribution is 2.29. The van der Waals surface area contributed by atoms with Gasteiger partial charge in [0, 0.05) is 24.4 Å². The van der Waals surface area contributed by atoms with Gasteiger partial charge in [0.1, 0.15) is 0 Å². The summed E-state index contributed by atoms with van der Waals surface area (Å²) in [5, 5.41) is 4.44. The van der Waals surface area contributed by atoms with Crippen molar-refractivity contribution in [2.24, 2.45) is 0 Å². The fraction of sp³-hybridized carbons (Fsp3) is 1.00. The normalized spacial score (nSPS) is 35.0. The zero-order valence-electron chi connectivity index (χ0n) is 9.87. The van der Waals surface area contributed by atoms with Crippen molar-refractivity contribution in [1.82, 2.24) is 10.2 Å². The third kappa shape index (κ3) is 3.36. The van der Waals surface area contributed by atoms with Crippen molar-refractivity contribution in [3.8, 4) is 0 Å². The third-order valence-electron chi connectivity index (χ3n) is 3.87. The molecule has 3 heteroatoms. The van der Waals surface area contributed by atoms with E-state index < -0.39 is 0 Å². The Morgan fingerprint density at radius 3 is 2.60 bits per heavy atom. The smallest absolute Gasteiger partial charge is 0.0110 e. The third-order valence-corrected chi connectivity index (χ3v) is 5.01. The van der Waals surface area contributed by atoms with Gasteiger partial charge < -0.3 is 5.32 Å². The number of thioether (sulfide) groups is 1. The molecule has 15 heavy (non-hydrogen) atoms. The lowest BCUT2D eigenvalue weighted by Crippen LogP contribution is -2.40. The SMILES string of the molecule is CSC1CCC(N2CCCNCC2)CC1. The van der Waals surface area contributed by atoms with E-state index in [1.807, 2.05) is 0 Å². The highest BCUT2D eigenvalue weighted by Gasteiger charge is 2.25. The van der Waals surface area contributed by atoms with Gasteiger partial charge in [0.25, 0.3) is 0 Å². The van der Waals surface area contributed by atoms with Gasteiger partial charge in [-0.3, -0.25) is 4.90 Å². The van der Waals surface area contributed by atoms with E-state index >= 15 is 0 Å². The van der Waals surface area contributed by atoms with Gasteiger partial charge in [-0.05, 0) is 51.4 Å². The monoisotopic (exact) mass is 228 g/mol. The van der Waals surface area contributed by atoms with E-state index in [0.717, 1.165) is 11.3 Å². The summed E-state index contributed by atoms with van der Waals surface area (Å²) in [4.78, 5) is 2.73. The first-order valence-corrected chi connectivity index (χ1v) is 7.66. The summed E-state index contributed by atoms with van der Waals surface area (Å²) in [6.45, 7) is 5.01. The van der Waals surface area contributed by atoms with Gasteiger partial charge in [-0.25, -0.2) is 0 Å². The first-order valence-electron chi connectivity index (χ1n) is 6.37. The van der Waals surface area contributed by atoms with Crippen molar-refractivity contribution in [3.05, 3.63) is 0 Å². The molecule has 0 aromatic rings. The first-order chi connectivity index (χ1) is 7.40. The zero-order chi connectivity index (χ0) is 10.5. The predicted molar refractivity (Wildman–Crippen MR) is 68.6 cm³/mol. The number of rotatable bonds is 2. The molecule has 0 bridgehead atoms. The van der Waals surface area contributed by atoms with Gasteiger partial charge in [0.2, 0.25) is 0 Å². The molecule has 0 aromatic heterocycles. The van der Waals surface area contributed by atoms with Crippen molar-refractivity contribution in [2.45, 2.75) is 43.4 Å². The van der Waals surface area contributed by atoms with E-state index in [4.69, 9.17) is 0 Å². The summed E-state index contributed by atoms with van der Waals surface area (Å²) in [5.74, 6) is 0. The molecule has 1 saturated heterocycles. The van der Waals surface area contributed by atoms with E-state index in [0.29, 0.717) is 0 Å². The largest absolute Gasteiger partial charge is 0.315 e. The maximum Gasteiger partial charge on any atom is 0.0110 e. The second kappa shape index (κ2) is 6.12. The van der Waals surface area contributed by atoms with Gasteiger partial charge in [0.15, 0.2) is 0 Å². The Kier molecular flexibility index (Phi) is 4.79. The minimum atomic E-state index is 0.897. The quantitative estimate of drug-likeness (QED) is 0.778. The van der Waals surface area contributed by atoms with E-state index in [9.17, 15) is 0 Å². The lowest BCUT2D eigenvalue weighted by Gasteiger charge is -2.35. The lowest BCUT2D eigenvalue weighted by molar-refractivity contribution is 0.168. The standard InChI is InChI=1S/C12H24N2S/c1-15-12-5-3-11(4-6-12)14-9-2-7-13-8-10-14/h11-13H,2-10H2,1H3. The van der Waals surface area contributed by atoms with Crippen LogP contribution in [-0.4, -0.2) is 48.6 Å². The second-order valence-corrected chi connectivity index (χ2v) is 5.94. The van der Waals surface area contributed by atoms with Crippen molar-refractivity contribution in [1.29, 1.82) is 0 Å². The van der Waals surface area contributed by atoms with Crippen LogP contribution in [0.5, 0.6) is 0 Å². The molecule has 0 aromatic carbocycles. The Morgan fingerprint density at radius 1 is 1.07 bits per heavy atom. The Hall–Kier alpha value is 0.270. The van der Waals surface area contributed by atoms with Crippen LogP contribution in [0.1, 0.15) is 32.1 Å². The molecule has 1 saturated carbocycles. The Balaban J connectivity index is 1.78. The molecule has 0 unspecified atom stereocenters. The van der Waals surface area contributed by atoms with Crippen LogP contribution in [0.25, 0.3) is 0 Å².